The van der Waals surface area contributed by atoms with E-state index in [9.17, 15) is 10.2 Å². The third kappa shape index (κ3) is 2.18. The summed E-state index contributed by atoms with van der Waals surface area (Å²) in [4.78, 5) is 0.477. The van der Waals surface area contributed by atoms with Crippen LogP contribution in [0.3, 0.4) is 0 Å². The van der Waals surface area contributed by atoms with Crippen LogP contribution in [0, 0.1) is 29.1 Å². The van der Waals surface area contributed by atoms with Gasteiger partial charge >= 0.3 is 0 Å². The summed E-state index contributed by atoms with van der Waals surface area (Å²) in [7, 11) is 0. The lowest BCUT2D eigenvalue weighted by molar-refractivity contribution is -0.160. The molecule has 1 heterocycles. The van der Waals surface area contributed by atoms with Gasteiger partial charge in [-0.25, -0.2) is 0 Å². The summed E-state index contributed by atoms with van der Waals surface area (Å²) in [5, 5.41) is 20.2. The molecular formula is C20H26BrNO3. The zero-order chi connectivity index (χ0) is 17.3. The highest BCUT2D eigenvalue weighted by molar-refractivity contribution is 9.09. The molecule has 4 N–H and O–H groups in total. The molecule has 136 valence electrons. The fourth-order valence-electron chi connectivity index (χ4n) is 6.86. The van der Waals surface area contributed by atoms with Crippen LogP contribution in [0.25, 0.3) is 0 Å². The quantitative estimate of drug-likeness (QED) is 0.519. The van der Waals surface area contributed by atoms with E-state index < -0.39 is 0 Å². The van der Waals surface area contributed by atoms with Gasteiger partial charge in [-0.15, -0.1) is 0 Å². The van der Waals surface area contributed by atoms with Crippen LogP contribution >= 0.6 is 15.9 Å². The van der Waals surface area contributed by atoms with Crippen LogP contribution < -0.4 is 5.73 Å². The lowest BCUT2D eigenvalue weighted by Gasteiger charge is -2.65. The number of hydrogen-bond acceptors (Lipinski definition) is 4. The van der Waals surface area contributed by atoms with Crippen molar-refractivity contribution in [3.8, 4) is 11.5 Å². The topological polar surface area (TPSA) is 75.7 Å². The fourth-order valence-corrected chi connectivity index (χ4v) is 7.97. The Labute approximate surface area is 156 Å². The van der Waals surface area contributed by atoms with Crippen LogP contribution in [-0.4, -0.2) is 27.7 Å². The van der Waals surface area contributed by atoms with Crippen LogP contribution in [0.1, 0.15) is 36.8 Å². The van der Waals surface area contributed by atoms with Crippen LogP contribution in [0.5, 0.6) is 11.5 Å². The largest absolute Gasteiger partial charge is 0.504 e. The third-order valence-electron chi connectivity index (χ3n) is 7.68. The predicted octanol–water partition coefficient (Wildman–Crippen LogP) is 3.31. The van der Waals surface area contributed by atoms with E-state index in [1.165, 1.54) is 25.7 Å². The van der Waals surface area contributed by atoms with Crippen molar-refractivity contribution in [3.05, 3.63) is 23.3 Å². The summed E-state index contributed by atoms with van der Waals surface area (Å²) < 4.78 is 6.33. The molecule has 5 aliphatic rings. The molecule has 0 aromatic heterocycles. The highest BCUT2D eigenvalue weighted by Crippen LogP contribution is 2.66. The standard InChI is InChI=1S/C20H26BrNO3/c21-19-13-4-10-3-12(5-13)17(20(19,7-10)9-22)16-6-14-11(8-25-16)1-2-15(23)18(14)24/h1-2,10,12-13,16-17,19,23-24H,3-9,22H2. The van der Waals surface area contributed by atoms with E-state index in [0.717, 1.165) is 23.0 Å². The number of rotatable bonds is 2. The Morgan fingerprint density at radius 3 is 2.80 bits per heavy atom. The Bertz CT molecular complexity index is 710. The number of phenolic OH excluding ortho intramolecular Hbond substituents is 2. The molecule has 4 nitrogen and oxygen atoms in total. The molecule has 25 heavy (non-hydrogen) atoms. The van der Waals surface area contributed by atoms with Crippen molar-refractivity contribution in [1.29, 1.82) is 0 Å². The number of ether oxygens (including phenoxy) is 1. The first kappa shape index (κ1) is 16.4. The zero-order valence-corrected chi connectivity index (χ0v) is 15.9. The van der Waals surface area contributed by atoms with Gasteiger partial charge in [0.2, 0.25) is 0 Å². The summed E-state index contributed by atoms with van der Waals surface area (Å²) in [5.41, 5.74) is 8.36. The Kier molecular flexibility index (Phi) is 3.68. The Hall–Kier alpha value is -0.780. The number of benzene rings is 1. The average molecular weight is 408 g/mol. The van der Waals surface area contributed by atoms with E-state index in [-0.39, 0.29) is 23.0 Å². The van der Waals surface area contributed by atoms with E-state index in [4.69, 9.17) is 10.5 Å². The van der Waals surface area contributed by atoms with Crippen molar-refractivity contribution in [1.82, 2.24) is 0 Å². The molecule has 6 rings (SSSR count). The molecule has 1 aliphatic heterocycles. The van der Waals surface area contributed by atoms with Gasteiger partial charge in [-0.2, -0.15) is 0 Å². The molecule has 4 saturated carbocycles. The molecule has 5 heteroatoms. The van der Waals surface area contributed by atoms with Crippen LogP contribution in [-0.2, 0) is 17.8 Å². The Morgan fingerprint density at radius 1 is 1.20 bits per heavy atom. The van der Waals surface area contributed by atoms with Gasteiger partial charge in [0.25, 0.3) is 0 Å². The maximum absolute atomic E-state index is 10.3. The highest BCUT2D eigenvalue weighted by atomic mass is 79.9. The molecular weight excluding hydrogens is 382 g/mol. The summed E-state index contributed by atoms with van der Waals surface area (Å²) in [6, 6.07) is 3.42. The first-order chi connectivity index (χ1) is 12.0. The van der Waals surface area contributed by atoms with Crippen molar-refractivity contribution in [2.45, 2.75) is 49.6 Å². The second kappa shape index (κ2) is 5.61. The third-order valence-corrected chi connectivity index (χ3v) is 9.34. The molecule has 7 atom stereocenters. The Balaban J connectivity index is 1.52. The number of aromatic hydroxyl groups is 2. The Morgan fingerprint density at radius 2 is 2.00 bits per heavy atom. The lowest BCUT2D eigenvalue weighted by atomic mass is 9.43. The molecule has 0 amide bonds. The first-order valence-corrected chi connectivity index (χ1v) is 10.4. The highest BCUT2D eigenvalue weighted by Gasteiger charge is 2.63. The minimum atomic E-state index is -0.0311. The average Bonchev–Trinajstić information content (AvgIpc) is 2.62. The van der Waals surface area contributed by atoms with Gasteiger partial charge in [0.05, 0.1) is 12.7 Å². The minimum Gasteiger partial charge on any atom is -0.504 e. The summed E-state index contributed by atoms with van der Waals surface area (Å²) >= 11 is 4.04. The molecule has 4 fully saturated rings. The van der Waals surface area contributed by atoms with Crippen molar-refractivity contribution in [2.75, 3.05) is 6.54 Å². The SMILES string of the molecule is NCC12CC3CC(CC(C3)C1C1Cc3c(ccc(O)c3O)CO1)C2Br. The predicted molar refractivity (Wildman–Crippen MR) is 98.7 cm³/mol. The van der Waals surface area contributed by atoms with Gasteiger partial charge in [-0.3, -0.25) is 0 Å². The van der Waals surface area contributed by atoms with Gasteiger partial charge in [-0.05, 0) is 67.5 Å². The minimum absolute atomic E-state index is 0.0311. The molecule has 1 aromatic carbocycles. The van der Waals surface area contributed by atoms with Crippen LogP contribution in [0.15, 0.2) is 12.1 Å². The summed E-state index contributed by atoms with van der Waals surface area (Å²) in [5.74, 6) is 2.70. The molecule has 4 bridgehead atoms. The van der Waals surface area contributed by atoms with Gasteiger partial charge < -0.3 is 20.7 Å². The van der Waals surface area contributed by atoms with Crippen molar-refractivity contribution >= 4 is 15.9 Å². The summed E-state index contributed by atoms with van der Waals surface area (Å²) in [6.45, 7) is 1.22. The number of alkyl halides is 1. The van der Waals surface area contributed by atoms with Crippen molar-refractivity contribution in [3.63, 3.8) is 0 Å². The maximum atomic E-state index is 10.3. The van der Waals surface area contributed by atoms with E-state index in [0.29, 0.717) is 36.2 Å². The first-order valence-electron chi connectivity index (χ1n) is 9.52. The van der Waals surface area contributed by atoms with E-state index in [1.807, 2.05) is 6.07 Å². The molecule has 7 unspecified atom stereocenters. The van der Waals surface area contributed by atoms with Gasteiger partial charge in [0, 0.05) is 22.2 Å². The van der Waals surface area contributed by atoms with Crippen molar-refractivity contribution in [2.24, 2.45) is 34.8 Å². The second-order valence-corrected chi connectivity index (χ2v) is 9.77. The number of nitrogens with two attached hydrogens (primary N) is 1. The normalized spacial score (nSPS) is 44.7. The number of hydrogen-bond donors (Lipinski definition) is 3. The van der Waals surface area contributed by atoms with Gasteiger partial charge in [-0.1, -0.05) is 22.0 Å². The van der Waals surface area contributed by atoms with E-state index in [2.05, 4.69) is 15.9 Å². The molecule has 1 aromatic rings. The molecule has 0 radical (unpaired) electrons. The van der Waals surface area contributed by atoms with Crippen molar-refractivity contribution < 1.29 is 14.9 Å². The monoisotopic (exact) mass is 407 g/mol. The van der Waals surface area contributed by atoms with Gasteiger partial charge in [0.15, 0.2) is 11.5 Å². The molecule has 0 spiro atoms. The van der Waals surface area contributed by atoms with Gasteiger partial charge in [0.1, 0.15) is 0 Å². The number of halogens is 1. The number of phenols is 2. The molecule has 4 aliphatic carbocycles. The van der Waals surface area contributed by atoms with E-state index >= 15 is 0 Å². The lowest BCUT2D eigenvalue weighted by Crippen LogP contribution is -2.65. The maximum Gasteiger partial charge on any atom is 0.161 e. The molecule has 0 saturated heterocycles. The smallest absolute Gasteiger partial charge is 0.161 e. The fraction of sp³-hybridized carbons (Fsp3) is 0.700. The summed E-state index contributed by atoms with van der Waals surface area (Å²) in [6.07, 6.45) is 5.89. The number of fused-ring (bicyclic) bond motifs is 1. The van der Waals surface area contributed by atoms with E-state index in [1.54, 1.807) is 6.07 Å². The zero-order valence-electron chi connectivity index (χ0n) is 14.3. The van der Waals surface area contributed by atoms with Crippen LogP contribution in [0.4, 0.5) is 0 Å². The van der Waals surface area contributed by atoms with Crippen LogP contribution in [0.2, 0.25) is 0 Å². The second-order valence-electron chi connectivity index (χ2n) is 8.79.